The number of likely N-dealkylation sites (tertiary alicyclic amines) is 1. The molecule has 11 heteroatoms. The second-order valence-corrected chi connectivity index (χ2v) is 13.4. The zero-order valence-electron chi connectivity index (χ0n) is 26.2. The van der Waals surface area contributed by atoms with Gasteiger partial charge in [-0.2, -0.15) is 0 Å². The Morgan fingerprint density at radius 2 is 2.00 bits per heavy atom. The molecule has 3 aliphatic heterocycles. The number of benzene rings is 1. The maximum Gasteiger partial charge on any atom is 0.312 e. The summed E-state index contributed by atoms with van der Waals surface area (Å²) < 4.78 is 12.4. The Balaban J connectivity index is 1.67. The highest BCUT2D eigenvalue weighted by molar-refractivity contribution is 9.09. The molecule has 2 N–H and O–H groups in total. The highest BCUT2D eigenvalue weighted by Crippen LogP contribution is 2.60. The number of rotatable bonds is 17. The van der Waals surface area contributed by atoms with Crippen LogP contribution >= 0.6 is 15.9 Å². The summed E-state index contributed by atoms with van der Waals surface area (Å²) in [6.45, 7) is 11.7. The van der Waals surface area contributed by atoms with E-state index in [0.717, 1.165) is 18.4 Å². The molecule has 1 aromatic rings. The van der Waals surface area contributed by atoms with Gasteiger partial charge in [0, 0.05) is 24.3 Å². The molecule has 0 aliphatic carbocycles. The molecular formula is C34H46BrN3O7. The number of hydrogen-bond acceptors (Lipinski definition) is 7. The Morgan fingerprint density at radius 3 is 2.64 bits per heavy atom. The van der Waals surface area contributed by atoms with E-state index in [0.29, 0.717) is 32.4 Å². The van der Waals surface area contributed by atoms with Gasteiger partial charge in [0.1, 0.15) is 17.7 Å². The normalized spacial score (nSPS) is 27.9. The number of nitrogens with one attached hydrogen (secondary N) is 1. The first-order valence-electron chi connectivity index (χ1n) is 15.9. The Kier molecular flexibility index (Phi) is 12.0. The Hall–Kier alpha value is -3.02. The van der Waals surface area contributed by atoms with Crippen molar-refractivity contribution >= 4 is 39.6 Å². The summed E-state index contributed by atoms with van der Waals surface area (Å²) in [7, 11) is 0. The van der Waals surface area contributed by atoms with Gasteiger partial charge in [-0.1, -0.05) is 71.8 Å². The van der Waals surface area contributed by atoms with Crippen LogP contribution in [0, 0.1) is 11.8 Å². The smallest absolute Gasteiger partial charge is 0.312 e. The van der Waals surface area contributed by atoms with Crippen molar-refractivity contribution < 1.29 is 33.8 Å². The van der Waals surface area contributed by atoms with Crippen molar-refractivity contribution in [2.24, 2.45) is 11.8 Å². The number of carbonyl (C=O) groups excluding carboxylic acids is 4. The number of unbranched alkanes of at least 4 members (excludes halogenated alkanes) is 1. The second-order valence-electron chi connectivity index (χ2n) is 12.2. The molecule has 4 rings (SSSR count). The van der Waals surface area contributed by atoms with Crippen molar-refractivity contribution in [1.29, 1.82) is 0 Å². The lowest BCUT2D eigenvalue weighted by molar-refractivity contribution is -0.160. The number of aliphatic hydroxyl groups excluding tert-OH is 1. The summed E-state index contributed by atoms with van der Waals surface area (Å²) in [6, 6.07) is 7.73. The third-order valence-corrected chi connectivity index (χ3v) is 9.92. The molecule has 3 aliphatic rings. The standard InChI is InChI=1S/C34H46BrN3O7/c1-5-8-15-26(40)36-20-22(4)44-33(43)27-28-31(41)38(24(21-39)18-23-13-11-10-12-14-23)30(34(28)19-25(35)29(27)45-34)32(42)37(16-7-3)17-9-6-2/h5,7,10-14,22,24-25,27-30,39H,1,3,6,8-9,15-21H2,2,4H3,(H,36,40)/t22-,24+,25?,27+,28-,29+,30+,34-/m0/s1. The molecule has 45 heavy (non-hydrogen) atoms. The monoisotopic (exact) mass is 687 g/mol. The minimum absolute atomic E-state index is 0.117. The molecule has 0 saturated carbocycles. The number of esters is 1. The van der Waals surface area contributed by atoms with Gasteiger partial charge in [-0.3, -0.25) is 19.2 Å². The summed E-state index contributed by atoms with van der Waals surface area (Å²) in [6.07, 6.45) is 5.13. The number of hydrogen-bond donors (Lipinski definition) is 2. The van der Waals surface area contributed by atoms with Gasteiger partial charge in [-0.05, 0) is 38.2 Å². The number of alkyl halides is 1. The quantitative estimate of drug-likeness (QED) is 0.146. The van der Waals surface area contributed by atoms with Crippen LogP contribution in [0.4, 0.5) is 0 Å². The molecule has 0 aromatic heterocycles. The lowest BCUT2D eigenvalue weighted by Crippen LogP contribution is -2.59. The van der Waals surface area contributed by atoms with Crippen LogP contribution in [0.1, 0.15) is 51.5 Å². The zero-order valence-corrected chi connectivity index (χ0v) is 27.8. The van der Waals surface area contributed by atoms with Crippen LogP contribution in [-0.2, 0) is 35.1 Å². The van der Waals surface area contributed by atoms with Crippen LogP contribution in [0.5, 0.6) is 0 Å². The van der Waals surface area contributed by atoms with Gasteiger partial charge in [-0.15, -0.1) is 13.2 Å². The van der Waals surface area contributed by atoms with E-state index in [1.807, 2.05) is 37.3 Å². The van der Waals surface area contributed by atoms with Gasteiger partial charge in [0.15, 0.2) is 0 Å². The topological polar surface area (TPSA) is 125 Å². The average molecular weight is 689 g/mol. The third-order valence-electron chi connectivity index (χ3n) is 9.07. The van der Waals surface area contributed by atoms with E-state index in [2.05, 4.69) is 34.4 Å². The molecule has 1 aromatic carbocycles. The fourth-order valence-corrected chi connectivity index (χ4v) is 7.96. The van der Waals surface area contributed by atoms with Gasteiger partial charge < -0.3 is 29.7 Å². The molecule has 8 atom stereocenters. The van der Waals surface area contributed by atoms with Crippen LogP contribution in [0.3, 0.4) is 0 Å². The molecule has 1 unspecified atom stereocenters. The summed E-state index contributed by atoms with van der Waals surface area (Å²) in [5, 5.41) is 13.4. The SMILES string of the molecule is C=CCCC(=O)NC[C@H](C)OC(=O)[C@H]1[C@@H]2O[C@@]3(CC2Br)[C@@H]1C(=O)N([C@@H](CO)Cc1ccccc1)[C@@H]3C(=O)N(CC=C)CCCC. The molecule has 10 nitrogen and oxygen atoms in total. The molecular weight excluding hydrogens is 642 g/mol. The maximum absolute atomic E-state index is 14.6. The Labute approximate surface area is 274 Å². The van der Waals surface area contributed by atoms with Crippen molar-refractivity contribution in [1.82, 2.24) is 15.1 Å². The lowest BCUT2D eigenvalue weighted by atomic mass is 9.70. The van der Waals surface area contributed by atoms with Gasteiger partial charge >= 0.3 is 5.97 Å². The van der Waals surface area contributed by atoms with E-state index in [1.165, 1.54) is 4.90 Å². The van der Waals surface area contributed by atoms with E-state index in [9.17, 15) is 24.3 Å². The number of allylic oxidation sites excluding steroid dienone is 1. The molecule has 0 radical (unpaired) electrons. The molecule has 3 heterocycles. The van der Waals surface area contributed by atoms with Gasteiger partial charge in [0.2, 0.25) is 17.7 Å². The molecule has 2 bridgehead atoms. The van der Waals surface area contributed by atoms with Crippen LogP contribution in [0.25, 0.3) is 0 Å². The molecule has 246 valence electrons. The number of nitrogens with zero attached hydrogens (tertiary/aromatic N) is 2. The van der Waals surface area contributed by atoms with Gasteiger partial charge in [-0.25, -0.2) is 0 Å². The lowest BCUT2D eigenvalue weighted by Gasteiger charge is -2.39. The minimum Gasteiger partial charge on any atom is -0.460 e. The van der Waals surface area contributed by atoms with Crippen molar-refractivity contribution in [2.45, 2.75) is 87.1 Å². The van der Waals surface area contributed by atoms with E-state index >= 15 is 0 Å². The fraction of sp³-hybridized carbons (Fsp3) is 0.588. The van der Waals surface area contributed by atoms with E-state index in [-0.39, 0.29) is 36.2 Å². The maximum atomic E-state index is 14.6. The first kappa shape index (κ1) is 34.8. The van der Waals surface area contributed by atoms with Gasteiger partial charge in [0.25, 0.3) is 0 Å². The predicted molar refractivity (Wildman–Crippen MR) is 173 cm³/mol. The van der Waals surface area contributed by atoms with E-state index in [4.69, 9.17) is 9.47 Å². The molecule has 1 spiro atoms. The summed E-state index contributed by atoms with van der Waals surface area (Å²) in [5.41, 5.74) is -0.378. The third kappa shape index (κ3) is 7.20. The Morgan fingerprint density at radius 1 is 1.27 bits per heavy atom. The van der Waals surface area contributed by atoms with Crippen molar-refractivity contribution in [2.75, 3.05) is 26.2 Å². The predicted octanol–water partition coefficient (Wildman–Crippen LogP) is 3.17. The average Bonchev–Trinajstić information content (AvgIpc) is 3.63. The van der Waals surface area contributed by atoms with E-state index < -0.39 is 53.6 Å². The summed E-state index contributed by atoms with van der Waals surface area (Å²) >= 11 is 3.69. The number of fused-ring (bicyclic) bond motifs is 1. The first-order chi connectivity index (χ1) is 21.6. The van der Waals surface area contributed by atoms with Crippen molar-refractivity contribution in [3.05, 3.63) is 61.2 Å². The number of ether oxygens (including phenoxy) is 2. The first-order valence-corrected chi connectivity index (χ1v) is 16.8. The number of halogens is 1. The van der Waals surface area contributed by atoms with Crippen molar-refractivity contribution in [3.63, 3.8) is 0 Å². The zero-order chi connectivity index (χ0) is 32.7. The highest BCUT2D eigenvalue weighted by Gasteiger charge is 2.77. The molecule has 3 fully saturated rings. The highest BCUT2D eigenvalue weighted by atomic mass is 79.9. The van der Waals surface area contributed by atoms with E-state index in [1.54, 1.807) is 24.0 Å². The minimum atomic E-state index is -1.28. The molecule has 3 saturated heterocycles. The van der Waals surface area contributed by atoms with Crippen molar-refractivity contribution in [3.8, 4) is 0 Å². The fourth-order valence-electron chi connectivity index (χ4n) is 7.01. The summed E-state index contributed by atoms with van der Waals surface area (Å²) in [4.78, 5) is 57.8. The van der Waals surface area contributed by atoms with Crippen LogP contribution in [0.15, 0.2) is 55.6 Å². The van der Waals surface area contributed by atoms with Crippen LogP contribution in [0.2, 0.25) is 0 Å². The molecule has 3 amide bonds. The Bertz CT molecular complexity index is 1250. The number of aliphatic hydroxyl groups is 1. The summed E-state index contributed by atoms with van der Waals surface area (Å²) in [5.74, 6) is -3.39. The second kappa shape index (κ2) is 15.5. The largest absolute Gasteiger partial charge is 0.460 e. The van der Waals surface area contributed by atoms with Crippen LogP contribution in [-0.4, -0.2) is 99.6 Å². The van der Waals surface area contributed by atoms with Crippen LogP contribution < -0.4 is 5.32 Å². The number of amides is 3. The van der Waals surface area contributed by atoms with Gasteiger partial charge in [0.05, 0.1) is 37.1 Å². The number of carbonyl (C=O) groups is 4.